The molecule has 104 valence electrons. The number of nitrogens with two attached hydrogens (primary N) is 1. The first-order valence-electron chi connectivity index (χ1n) is 6.46. The normalized spacial score (nSPS) is 23.8. The Kier molecular flexibility index (Phi) is 4.01. The van der Waals surface area contributed by atoms with Crippen LogP contribution in [0.3, 0.4) is 0 Å². The molecule has 0 radical (unpaired) electrons. The fraction of sp³-hybridized carbons (Fsp3) is 0.538. The third-order valence-corrected chi connectivity index (χ3v) is 3.56. The van der Waals surface area contributed by atoms with Crippen molar-refractivity contribution in [3.63, 3.8) is 0 Å². The van der Waals surface area contributed by atoms with Crippen molar-refractivity contribution < 1.29 is 9.90 Å². The van der Waals surface area contributed by atoms with E-state index >= 15 is 0 Å². The van der Waals surface area contributed by atoms with Crippen molar-refractivity contribution in [3.05, 3.63) is 24.0 Å². The summed E-state index contributed by atoms with van der Waals surface area (Å²) in [4.78, 5) is 18.2. The second-order valence-electron chi connectivity index (χ2n) is 5.21. The van der Waals surface area contributed by atoms with Crippen molar-refractivity contribution in [3.8, 4) is 0 Å². The molecule has 1 fully saturated rings. The number of nitrogen functional groups attached to an aromatic ring is 1. The number of carbonyl (C=O) groups excluding carboxylic acids is 1. The van der Waals surface area contributed by atoms with Crippen molar-refractivity contribution in [2.45, 2.75) is 31.8 Å². The first kappa shape index (κ1) is 13.8. The van der Waals surface area contributed by atoms with Crippen LogP contribution in [0, 0.1) is 0 Å². The number of rotatable bonds is 2. The monoisotopic (exact) mass is 264 g/mol. The van der Waals surface area contributed by atoms with Crippen molar-refractivity contribution in [1.29, 1.82) is 0 Å². The molecule has 0 aromatic carbocycles. The van der Waals surface area contributed by atoms with E-state index in [0.717, 1.165) is 12.8 Å². The molecular formula is C13H20N4O2. The van der Waals surface area contributed by atoms with Gasteiger partial charge in [0.25, 0.3) is 5.91 Å². The van der Waals surface area contributed by atoms with Gasteiger partial charge >= 0.3 is 0 Å². The highest BCUT2D eigenvalue weighted by atomic mass is 16.3. The summed E-state index contributed by atoms with van der Waals surface area (Å²) in [6.45, 7) is 3.03. The van der Waals surface area contributed by atoms with E-state index in [1.165, 1.54) is 6.20 Å². The molecule has 0 bridgehead atoms. The third-order valence-electron chi connectivity index (χ3n) is 3.56. The molecule has 1 unspecified atom stereocenters. The van der Waals surface area contributed by atoms with E-state index in [9.17, 15) is 9.90 Å². The van der Waals surface area contributed by atoms with Crippen molar-refractivity contribution in [2.24, 2.45) is 5.84 Å². The van der Waals surface area contributed by atoms with Gasteiger partial charge in [0.2, 0.25) is 0 Å². The molecule has 1 amide bonds. The summed E-state index contributed by atoms with van der Waals surface area (Å²) in [6, 6.07) is 1.65. The van der Waals surface area contributed by atoms with Crippen molar-refractivity contribution >= 4 is 11.6 Å². The summed E-state index contributed by atoms with van der Waals surface area (Å²) in [5.74, 6) is 5.32. The van der Waals surface area contributed by atoms with Gasteiger partial charge in [0, 0.05) is 19.3 Å². The van der Waals surface area contributed by atoms with Crippen LogP contribution in [0.25, 0.3) is 0 Å². The van der Waals surface area contributed by atoms with E-state index in [-0.39, 0.29) is 5.91 Å². The lowest BCUT2D eigenvalue weighted by molar-refractivity contribution is 0.0438. The number of carbonyl (C=O) groups is 1. The van der Waals surface area contributed by atoms with Crippen molar-refractivity contribution in [2.75, 3.05) is 18.5 Å². The summed E-state index contributed by atoms with van der Waals surface area (Å²) in [5.41, 5.74) is 2.84. The highest BCUT2D eigenvalue weighted by Crippen LogP contribution is 2.23. The Morgan fingerprint density at radius 2 is 2.32 bits per heavy atom. The summed E-state index contributed by atoms with van der Waals surface area (Å²) in [7, 11) is 0. The minimum atomic E-state index is -0.678. The van der Waals surface area contributed by atoms with Gasteiger partial charge in [-0.2, -0.15) is 0 Å². The van der Waals surface area contributed by atoms with Gasteiger partial charge in [0.05, 0.1) is 23.0 Å². The van der Waals surface area contributed by atoms with E-state index in [2.05, 4.69) is 10.4 Å². The lowest BCUT2D eigenvalue weighted by atomic mass is 9.98. The Labute approximate surface area is 112 Å². The molecule has 1 aliphatic rings. The molecule has 0 aliphatic carbocycles. The maximum atomic E-state index is 12.5. The van der Waals surface area contributed by atoms with Gasteiger partial charge in [0.1, 0.15) is 0 Å². The molecule has 4 N–H and O–H groups in total. The fourth-order valence-corrected chi connectivity index (χ4v) is 2.33. The molecule has 1 saturated heterocycles. The van der Waals surface area contributed by atoms with Crippen LogP contribution < -0.4 is 11.3 Å². The number of nitrogens with one attached hydrogen (secondary N) is 1. The van der Waals surface area contributed by atoms with E-state index in [1.807, 2.05) is 6.92 Å². The summed E-state index contributed by atoms with van der Waals surface area (Å²) >= 11 is 0. The predicted molar refractivity (Wildman–Crippen MR) is 72.4 cm³/mol. The van der Waals surface area contributed by atoms with Gasteiger partial charge in [-0.15, -0.1) is 0 Å². The quantitative estimate of drug-likeness (QED) is 0.541. The molecule has 1 aromatic heterocycles. The smallest absolute Gasteiger partial charge is 0.256 e. The number of aromatic nitrogens is 1. The maximum absolute atomic E-state index is 12.5. The SMILES string of the molecule is CC1(O)CCCN(C(=O)c2ccncc2NN)CC1. The molecule has 0 spiro atoms. The number of likely N-dealkylation sites (tertiary alicyclic amines) is 1. The molecule has 6 nitrogen and oxygen atoms in total. The first-order chi connectivity index (χ1) is 9.03. The molecule has 19 heavy (non-hydrogen) atoms. The Morgan fingerprint density at radius 3 is 3.05 bits per heavy atom. The Hall–Kier alpha value is -1.66. The maximum Gasteiger partial charge on any atom is 0.256 e. The molecule has 1 aliphatic heterocycles. The number of amides is 1. The molecule has 1 aromatic rings. The zero-order chi connectivity index (χ0) is 13.9. The topological polar surface area (TPSA) is 91.5 Å². The Balaban J connectivity index is 2.15. The lowest BCUT2D eigenvalue weighted by Crippen LogP contribution is -2.34. The number of anilines is 1. The van der Waals surface area contributed by atoms with E-state index in [4.69, 9.17) is 5.84 Å². The molecule has 1 atom stereocenters. The van der Waals surface area contributed by atoms with Crippen LogP contribution in [-0.4, -0.2) is 39.6 Å². The van der Waals surface area contributed by atoms with Crippen LogP contribution in [0.1, 0.15) is 36.5 Å². The van der Waals surface area contributed by atoms with E-state index in [1.54, 1.807) is 17.2 Å². The third kappa shape index (κ3) is 3.21. The number of hydrogen-bond acceptors (Lipinski definition) is 5. The van der Waals surface area contributed by atoms with Gasteiger partial charge < -0.3 is 15.4 Å². The summed E-state index contributed by atoms with van der Waals surface area (Å²) in [5, 5.41) is 10.0. The molecule has 0 saturated carbocycles. The van der Waals surface area contributed by atoms with Gasteiger partial charge in [-0.3, -0.25) is 15.6 Å². The van der Waals surface area contributed by atoms with Gasteiger partial charge in [0.15, 0.2) is 0 Å². The second kappa shape index (κ2) is 5.54. The number of pyridine rings is 1. The average molecular weight is 264 g/mol. The van der Waals surface area contributed by atoms with E-state index in [0.29, 0.717) is 30.8 Å². The second-order valence-corrected chi connectivity index (χ2v) is 5.21. The van der Waals surface area contributed by atoms with Gasteiger partial charge in [-0.1, -0.05) is 0 Å². The van der Waals surface area contributed by atoms with Gasteiger partial charge in [-0.05, 0) is 32.3 Å². The zero-order valence-corrected chi connectivity index (χ0v) is 11.1. The average Bonchev–Trinajstić information content (AvgIpc) is 2.59. The number of hydrazine groups is 1. The van der Waals surface area contributed by atoms with Crippen LogP contribution in [0.2, 0.25) is 0 Å². The molecule has 2 heterocycles. The Morgan fingerprint density at radius 1 is 1.53 bits per heavy atom. The number of hydrogen-bond donors (Lipinski definition) is 3. The largest absolute Gasteiger partial charge is 0.390 e. The highest BCUT2D eigenvalue weighted by Gasteiger charge is 2.28. The number of nitrogens with zero attached hydrogens (tertiary/aromatic N) is 2. The lowest BCUT2D eigenvalue weighted by Gasteiger charge is -2.23. The minimum absolute atomic E-state index is 0.0759. The Bertz CT molecular complexity index is 462. The molecule has 6 heteroatoms. The number of aliphatic hydroxyl groups is 1. The fourth-order valence-electron chi connectivity index (χ4n) is 2.33. The first-order valence-corrected chi connectivity index (χ1v) is 6.46. The van der Waals surface area contributed by atoms with Gasteiger partial charge in [-0.25, -0.2) is 0 Å². The summed E-state index contributed by atoms with van der Waals surface area (Å²) < 4.78 is 0. The molecular weight excluding hydrogens is 244 g/mol. The van der Waals surface area contributed by atoms with Crippen LogP contribution in [0.15, 0.2) is 18.5 Å². The minimum Gasteiger partial charge on any atom is -0.390 e. The zero-order valence-electron chi connectivity index (χ0n) is 11.1. The van der Waals surface area contributed by atoms with Crippen LogP contribution in [0.5, 0.6) is 0 Å². The van der Waals surface area contributed by atoms with Crippen LogP contribution in [-0.2, 0) is 0 Å². The van der Waals surface area contributed by atoms with Crippen molar-refractivity contribution in [1.82, 2.24) is 9.88 Å². The summed E-state index contributed by atoms with van der Waals surface area (Å²) in [6.07, 6.45) is 5.21. The highest BCUT2D eigenvalue weighted by molar-refractivity contribution is 5.99. The van der Waals surface area contributed by atoms with E-state index < -0.39 is 5.60 Å². The standard InChI is InChI=1S/C13H20N4O2/c1-13(19)4-2-7-17(8-5-13)12(18)10-3-6-15-9-11(10)16-14/h3,6,9,16,19H,2,4-5,7-8,14H2,1H3. The predicted octanol–water partition coefficient (Wildman–Crippen LogP) is 0.744. The van der Waals surface area contributed by atoms with Crippen LogP contribution >= 0.6 is 0 Å². The molecule has 2 rings (SSSR count). The van der Waals surface area contributed by atoms with Crippen LogP contribution in [0.4, 0.5) is 5.69 Å².